The smallest absolute Gasteiger partial charge is 0.338 e. The largest absolute Gasteiger partial charge is 0.462 e. The summed E-state index contributed by atoms with van der Waals surface area (Å²) in [6.45, 7) is 2.24. The number of allylic oxidation sites excluding steroid dienone is 1. The number of halogens is 1. The van der Waals surface area contributed by atoms with Crippen LogP contribution in [0.1, 0.15) is 44.6 Å². The van der Waals surface area contributed by atoms with Gasteiger partial charge in [-0.3, -0.25) is 0 Å². The van der Waals surface area contributed by atoms with Crippen LogP contribution in [0.15, 0.2) is 29.8 Å². The lowest BCUT2D eigenvalue weighted by atomic mass is 9.88. The SMILES string of the molecule is CCOC(=O)C(=C1CCCCC1)c1ccc(Cl)cc1. The molecule has 102 valence electrons. The van der Waals surface area contributed by atoms with Crippen LogP contribution in [-0.4, -0.2) is 12.6 Å². The number of benzene rings is 1. The first kappa shape index (κ1) is 14.1. The van der Waals surface area contributed by atoms with Gasteiger partial charge in [-0.05, 0) is 50.3 Å². The molecule has 1 aromatic rings. The number of esters is 1. The number of ether oxygens (including phenoxy) is 1. The molecule has 0 aromatic heterocycles. The van der Waals surface area contributed by atoms with E-state index in [0.29, 0.717) is 11.6 Å². The fourth-order valence-corrected chi connectivity index (χ4v) is 2.64. The number of hydrogen-bond acceptors (Lipinski definition) is 2. The van der Waals surface area contributed by atoms with E-state index in [1.165, 1.54) is 12.0 Å². The Morgan fingerprint density at radius 2 is 1.79 bits per heavy atom. The number of hydrogen-bond donors (Lipinski definition) is 0. The minimum absolute atomic E-state index is 0.207. The van der Waals surface area contributed by atoms with Gasteiger partial charge < -0.3 is 4.74 Å². The number of carbonyl (C=O) groups is 1. The summed E-state index contributed by atoms with van der Waals surface area (Å²) in [4.78, 5) is 12.2. The van der Waals surface area contributed by atoms with Crippen LogP contribution < -0.4 is 0 Å². The maximum Gasteiger partial charge on any atom is 0.338 e. The molecule has 3 heteroatoms. The molecule has 0 atom stereocenters. The minimum Gasteiger partial charge on any atom is -0.462 e. The van der Waals surface area contributed by atoms with Crippen molar-refractivity contribution in [2.75, 3.05) is 6.61 Å². The van der Waals surface area contributed by atoms with E-state index in [0.717, 1.165) is 36.8 Å². The van der Waals surface area contributed by atoms with Crippen LogP contribution in [0.2, 0.25) is 5.02 Å². The van der Waals surface area contributed by atoms with Gasteiger partial charge in [-0.25, -0.2) is 4.79 Å². The Kier molecular flexibility index (Phi) is 5.03. The van der Waals surface area contributed by atoms with Gasteiger partial charge in [0, 0.05) is 5.02 Å². The Bertz CT molecular complexity index is 466. The summed E-state index contributed by atoms with van der Waals surface area (Å²) in [7, 11) is 0. The van der Waals surface area contributed by atoms with Crippen molar-refractivity contribution in [3.05, 3.63) is 40.4 Å². The van der Waals surface area contributed by atoms with E-state index < -0.39 is 0 Å². The van der Waals surface area contributed by atoms with Crippen molar-refractivity contribution in [1.82, 2.24) is 0 Å². The van der Waals surface area contributed by atoms with E-state index in [1.54, 1.807) is 0 Å². The summed E-state index contributed by atoms with van der Waals surface area (Å²) in [5.41, 5.74) is 2.89. The number of rotatable bonds is 3. The third-order valence-corrected chi connectivity index (χ3v) is 3.68. The Hall–Kier alpha value is -1.28. The summed E-state index contributed by atoms with van der Waals surface area (Å²) in [5, 5.41) is 0.681. The molecular weight excluding hydrogens is 260 g/mol. The second kappa shape index (κ2) is 6.76. The Balaban J connectivity index is 2.38. The van der Waals surface area contributed by atoms with Crippen molar-refractivity contribution in [3.63, 3.8) is 0 Å². The minimum atomic E-state index is -0.207. The van der Waals surface area contributed by atoms with E-state index in [4.69, 9.17) is 16.3 Å². The molecular formula is C16H19ClO2. The molecule has 0 spiro atoms. The molecule has 2 rings (SSSR count). The lowest BCUT2D eigenvalue weighted by molar-refractivity contribution is -0.136. The maximum atomic E-state index is 12.2. The Morgan fingerprint density at radius 3 is 2.37 bits per heavy atom. The van der Waals surface area contributed by atoms with Crippen molar-refractivity contribution in [2.24, 2.45) is 0 Å². The lowest BCUT2D eigenvalue weighted by Crippen LogP contribution is -2.11. The second-order valence-electron chi connectivity index (χ2n) is 4.77. The predicted molar refractivity (Wildman–Crippen MR) is 78.1 cm³/mol. The average molecular weight is 279 g/mol. The van der Waals surface area contributed by atoms with Crippen LogP contribution >= 0.6 is 11.6 Å². The van der Waals surface area contributed by atoms with Crippen LogP contribution in [-0.2, 0) is 9.53 Å². The van der Waals surface area contributed by atoms with Gasteiger partial charge in [0.05, 0.1) is 12.2 Å². The average Bonchev–Trinajstić information content (AvgIpc) is 2.43. The maximum absolute atomic E-state index is 12.2. The van der Waals surface area contributed by atoms with E-state index in [1.807, 2.05) is 31.2 Å². The van der Waals surface area contributed by atoms with Crippen molar-refractivity contribution in [1.29, 1.82) is 0 Å². The molecule has 0 aliphatic heterocycles. The third-order valence-electron chi connectivity index (χ3n) is 3.42. The standard InChI is InChI=1S/C16H19ClO2/c1-2-19-16(18)15(12-6-4-3-5-7-12)13-8-10-14(17)11-9-13/h8-11H,2-7H2,1H3. The van der Waals surface area contributed by atoms with Crippen molar-refractivity contribution in [3.8, 4) is 0 Å². The molecule has 0 amide bonds. The lowest BCUT2D eigenvalue weighted by Gasteiger charge is -2.18. The fraction of sp³-hybridized carbons (Fsp3) is 0.438. The van der Waals surface area contributed by atoms with Gasteiger partial charge in [0.1, 0.15) is 0 Å². The summed E-state index contributed by atoms with van der Waals surface area (Å²) in [5.74, 6) is -0.207. The molecule has 0 bridgehead atoms. The fourth-order valence-electron chi connectivity index (χ4n) is 2.51. The molecule has 1 fully saturated rings. The highest BCUT2D eigenvalue weighted by molar-refractivity contribution is 6.30. The monoisotopic (exact) mass is 278 g/mol. The Labute approximate surface area is 119 Å². The summed E-state index contributed by atoms with van der Waals surface area (Å²) >= 11 is 5.91. The second-order valence-corrected chi connectivity index (χ2v) is 5.20. The van der Waals surface area contributed by atoms with Gasteiger partial charge in [0.25, 0.3) is 0 Å². The van der Waals surface area contributed by atoms with Crippen LogP contribution in [0.4, 0.5) is 0 Å². The molecule has 1 aromatic carbocycles. The molecule has 0 saturated heterocycles. The molecule has 1 aliphatic carbocycles. The van der Waals surface area contributed by atoms with Gasteiger partial charge >= 0.3 is 5.97 Å². The van der Waals surface area contributed by atoms with Gasteiger partial charge in [0.15, 0.2) is 0 Å². The number of carbonyl (C=O) groups excluding carboxylic acids is 1. The highest BCUT2D eigenvalue weighted by Crippen LogP contribution is 2.31. The first-order valence-corrected chi connectivity index (χ1v) is 7.25. The zero-order valence-electron chi connectivity index (χ0n) is 11.2. The zero-order valence-corrected chi connectivity index (χ0v) is 12.0. The molecule has 1 aliphatic rings. The summed E-state index contributed by atoms with van der Waals surface area (Å²) in [6, 6.07) is 7.44. The van der Waals surface area contributed by atoms with Crippen molar-refractivity contribution >= 4 is 23.1 Å². The van der Waals surface area contributed by atoms with Crippen LogP contribution in [0.5, 0.6) is 0 Å². The van der Waals surface area contributed by atoms with Gasteiger partial charge in [0.2, 0.25) is 0 Å². The predicted octanol–water partition coefficient (Wildman–Crippen LogP) is 4.62. The highest BCUT2D eigenvalue weighted by Gasteiger charge is 2.20. The first-order chi connectivity index (χ1) is 9.22. The molecule has 1 saturated carbocycles. The quantitative estimate of drug-likeness (QED) is 0.596. The first-order valence-electron chi connectivity index (χ1n) is 6.87. The zero-order chi connectivity index (χ0) is 13.7. The van der Waals surface area contributed by atoms with Crippen LogP contribution in [0.25, 0.3) is 5.57 Å². The molecule has 0 heterocycles. The molecule has 2 nitrogen and oxygen atoms in total. The normalized spacial score (nSPS) is 15.2. The van der Waals surface area contributed by atoms with Gasteiger partial charge in [-0.2, -0.15) is 0 Å². The van der Waals surface area contributed by atoms with Crippen LogP contribution in [0, 0.1) is 0 Å². The van der Waals surface area contributed by atoms with E-state index in [9.17, 15) is 4.79 Å². The molecule has 0 N–H and O–H groups in total. The van der Waals surface area contributed by atoms with E-state index in [2.05, 4.69) is 0 Å². The summed E-state index contributed by atoms with van der Waals surface area (Å²) < 4.78 is 5.21. The molecule has 0 unspecified atom stereocenters. The molecule has 19 heavy (non-hydrogen) atoms. The third kappa shape index (κ3) is 3.60. The van der Waals surface area contributed by atoms with E-state index >= 15 is 0 Å². The topological polar surface area (TPSA) is 26.3 Å². The van der Waals surface area contributed by atoms with Gasteiger partial charge in [-0.1, -0.05) is 35.7 Å². The van der Waals surface area contributed by atoms with Crippen molar-refractivity contribution < 1.29 is 9.53 Å². The van der Waals surface area contributed by atoms with Crippen molar-refractivity contribution in [2.45, 2.75) is 39.0 Å². The molecule has 0 radical (unpaired) electrons. The van der Waals surface area contributed by atoms with E-state index in [-0.39, 0.29) is 5.97 Å². The van der Waals surface area contributed by atoms with Crippen LogP contribution in [0.3, 0.4) is 0 Å². The highest BCUT2D eigenvalue weighted by atomic mass is 35.5. The summed E-state index contributed by atoms with van der Waals surface area (Å²) in [6.07, 6.45) is 5.56. The Morgan fingerprint density at radius 1 is 1.16 bits per heavy atom. The van der Waals surface area contributed by atoms with Gasteiger partial charge in [-0.15, -0.1) is 0 Å².